The number of rotatable bonds is 7. The van der Waals surface area contributed by atoms with Gasteiger partial charge < -0.3 is 20.5 Å². The summed E-state index contributed by atoms with van der Waals surface area (Å²) in [4.78, 5) is 41.2. The molecule has 8 heteroatoms. The van der Waals surface area contributed by atoms with E-state index in [9.17, 15) is 19.5 Å². The van der Waals surface area contributed by atoms with Gasteiger partial charge in [0.05, 0.1) is 0 Å². The summed E-state index contributed by atoms with van der Waals surface area (Å²) in [6.07, 6.45) is 5.12. The first-order chi connectivity index (χ1) is 17.5. The first-order valence-electron chi connectivity index (χ1n) is 12.5. The lowest BCUT2D eigenvalue weighted by atomic mass is 9.97. The maximum atomic E-state index is 14.0. The lowest BCUT2D eigenvalue weighted by molar-refractivity contribution is -0.139. The fourth-order valence-corrected chi connectivity index (χ4v) is 3.74. The van der Waals surface area contributed by atoms with Crippen LogP contribution in [0.4, 0.5) is 4.79 Å². The fraction of sp³-hybridized carbons (Fsp3) is 0.433. The van der Waals surface area contributed by atoms with Crippen molar-refractivity contribution in [2.45, 2.75) is 85.0 Å². The average Bonchev–Trinajstić information content (AvgIpc) is 2.77. The molecular weight excluding hydrogens is 482 g/mol. The molecule has 2 unspecified atom stereocenters. The van der Waals surface area contributed by atoms with Gasteiger partial charge in [-0.15, -0.1) is 0 Å². The van der Waals surface area contributed by atoms with Gasteiger partial charge >= 0.3 is 6.09 Å². The van der Waals surface area contributed by atoms with E-state index in [-0.39, 0.29) is 12.2 Å². The minimum absolute atomic E-state index is 0.0527. The van der Waals surface area contributed by atoms with E-state index >= 15 is 0 Å². The Morgan fingerprint density at radius 2 is 1.61 bits per heavy atom. The number of alkyl carbamates (subject to hydrolysis) is 1. The van der Waals surface area contributed by atoms with Crippen molar-refractivity contribution in [3.05, 3.63) is 64.7 Å². The van der Waals surface area contributed by atoms with Crippen molar-refractivity contribution in [2.24, 2.45) is 0 Å². The molecule has 2 rings (SSSR count). The molecule has 0 spiro atoms. The molecule has 0 bridgehead atoms. The second-order valence-electron chi connectivity index (χ2n) is 11.4. The second-order valence-corrected chi connectivity index (χ2v) is 11.4. The van der Waals surface area contributed by atoms with Gasteiger partial charge in [0.15, 0.2) is 0 Å². The van der Waals surface area contributed by atoms with Crippen LogP contribution in [-0.4, -0.2) is 45.1 Å². The van der Waals surface area contributed by atoms with Crippen LogP contribution in [0.1, 0.15) is 69.8 Å². The number of terminal acetylenes is 1. The highest BCUT2D eigenvalue weighted by Crippen LogP contribution is 2.26. The SMILES string of the molecule is C#CN(C(=O)C(Cc1ccc(O)cc1)NC(=O)OC(C)(C)C)C(C(=O)NC(C)(C)C)c1ccc(C)c(C)c1. The number of benzene rings is 2. The molecule has 204 valence electrons. The molecule has 2 aromatic rings. The Kier molecular flexibility index (Phi) is 9.58. The number of aromatic hydroxyl groups is 1. The second kappa shape index (κ2) is 12.0. The van der Waals surface area contributed by atoms with Crippen molar-refractivity contribution in [1.29, 1.82) is 0 Å². The van der Waals surface area contributed by atoms with Crippen molar-refractivity contribution < 1.29 is 24.2 Å². The van der Waals surface area contributed by atoms with E-state index in [1.807, 2.05) is 46.8 Å². The molecule has 0 heterocycles. The van der Waals surface area contributed by atoms with E-state index in [1.54, 1.807) is 39.0 Å². The number of ether oxygens (including phenoxy) is 1. The number of carbonyl (C=O) groups is 3. The van der Waals surface area contributed by atoms with Crippen LogP contribution in [0.3, 0.4) is 0 Å². The molecule has 38 heavy (non-hydrogen) atoms. The number of amides is 3. The van der Waals surface area contributed by atoms with Crippen molar-refractivity contribution in [1.82, 2.24) is 15.5 Å². The van der Waals surface area contributed by atoms with Crippen LogP contribution in [0.5, 0.6) is 5.75 Å². The van der Waals surface area contributed by atoms with Crippen molar-refractivity contribution in [3.63, 3.8) is 0 Å². The first kappa shape index (κ1) is 30.2. The molecule has 2 aromatic carbocycles. The van der Waals surface area contributed by atoms with E-state index in [0.29, 0.717) is 11.1 Å². The van der Waals surface area contributed by atoms with Gasteiger partial charge in [0.1, 0.15) is 23.4 Å². The van der Waals surface area contributed by atoms with Gasteiger partial charge in [0, 0.05) is 18.0 Å². The smallest absolute Gasteiger partial charge is 0.408 e. The zero-order valence-corrected chi connectivity index (χ0v) is 23.5. The third-order valence-electron chi connectivity index (χ3n) is 5.59. The number of hydrogen-bond donors (Lipinski definition) is 3. The number of nitrogens with zero attached hydrogens (tertiary/aromatic N) is 1. The fourth-order valence-electron chi connectivity index (χ4n) is 3.74. The van der Waals surface area contributed by atoms with E-state index in [1.165, 1.54) is 12.1 Å². The number of hydrogen-bond acceptors (Lipinski definition) is 5. The number of carbonyl (C=O) groups excluding carboxylic acids is 3. The Morgan fingerprint density at radius 3 is 2.11 bits per heavy atom. The number of nitrogens with one attached hydrogen (secondary N) is 2. The standard InChI is InChI=1S/C30H39N3O5/c1-10-33(25(26(35)32-29(4,5)6)22-14-11-19(2)20(3)17-22)27(36)24(31-28(37)38-30(7,8)9)18-21-12-15-23(34)16-13-21/h1,11-17,24-25,34H,18H2,2-9H3,(H,31,37)(H,32,35). The predicted octanol–water partition coefficient (Wildman–Crippen LogP) is 4.52. The molecule has 0 aromatic heterocycles. The largest absolute Gasteiger partial charge is 0.508 e. The normalized spacial score (nSPS) is 13.0. The third kappa shape index (κ3) is 8.84. The molecular formula is C30H39N3O5. The number of phenolic OH excluding ortho intramolecular Hbond substituents is 1. The van der Waals surface area contributed by atoms with Gasteiger partial charge in [-0.05, 0) is 89.8 Å². The molecule has 0 radical (unpaired) electrons. The quantitative estimate of drug-likeness (QED) is 0.367. The minimum Gasteiger partial charge on any atom is -0.508 e. The van der Waals surface area contributed by atoms with Crippen LogP contribution in [0.2, 0.25) is 0 Å². The third-order valence-corrected chi connectivity index (χ3v) is 5.59. The van der Waals surface area contributed by atoms with Crippen molar-refractivity contribution in [3.8, 4) is 18.2 Å². The van der Waals surface area contributed by atoms with Gasteiger partial charge in [-0.1, -0.05) is 36.8 Å². The molecule has 0 fully saturated rings. The molecule has 2 atom stereocenters. The minimum atomic E-state index is -1.15. The van der Waals surface area contributed by atoms with Crippen molar-refractivity contribution >= 4 is 17.9 Å². The number of phenols is 1. The maximum absolute atomic E-state index is 14.0. The van der Waals surface area contributed by atoms with Gasteiger partial charge in [0.2, 0.25) is 5.91 Å². The summed E-state index contributed by atoms with van der Waals surface area (Å²) in [5, 5.41) is 15.2. The zero-order chi connectivity index (χ0) is 28.8. The summed E-state index contributed by atoms with van der Waals surface area (Å²) in [6, 6.07) is 11.8. The Hall–Kier alpha value is -3.99. The Balaban J connectivity index is 2.54. The summed E-state index contributed by atoms with van der Waals surface area (Å²) in [7, 11) is 0. The summed E-state index contributed by atoms with van der Waals surface area (Å²) in [6.45, 7) is 14.5. The summed E-state index contributed by atoms with van der Waals surface area (Å²) >= 11 is 0. The maximum Gasteiger partial charge on any atom is 0.408 e. The summed E-state index contributed by atoms with van der Waals surface area (Å²) in [5.41, 5.74) is 1.79. The lowest BCUT2D eigenvalue weighted by Crippen LogP contribution is -2.53. The van der Waals surface area contributed by atoms with E-state index < -0.39 is 41.1 Å². The Labute approximate surface area is 225 Å². The van der Waals surface area contributed by atoms with Gasteiger partial charge in [-0.25, -0.2) is 4.79 Å². The molecule has 0 saturated heterocycles. The van der Waals surface area contributed by atoms with Crippen molar-refractivity contribution in [2.75, 3.05) is 0 Å². The van der Waals surface area contributed by atoms with Crippen LogP contribution in [-0.2, 0) is 20.7 Å². The lowest BCUT2D eigenvalue weighted by Gasteiger charge is -2.32. The molecule has 3 N–H and O–H groups in total. The van der Waals surface area contributed by atoms with Crippen LogP contribution in [0.15, 0.2) is 42.5 Å². The topological polar surface area (TPSA) is 108 Å². The monoisotopic (exact) mass is 521 g/mol. The van der Waals surface area contributed by atoms with E-state index in [2.05, 4.69) is 16.7 Å². The highest BCUT2D eigenvalue weighted by atomic mass is 16.6. The van der Waals surface area contributed by atoms with Crippen LogP contribution in [0.25, 0.3) is 0 Å². The van der Waals surface area contributed by atoms with E-state index in [0.717, 1.165) is 16.0 Å². The average molecular weight is 522 g/mol. The molecule has 8 nitrogen and oxygen atoms in total. The van der Waals surface area contributed by atoms with Gasteiger partial charge in [-0.3, -0.25) is 14.5 Å². The van der Waals surface area contributed by atoms with Crippen LogP contribution in [0, 0.1) is 26.3 Å². The molecule has 0 aliphatic rings. The number of aryl methyl sites for hydroxylation is 2. The first-order valence-corrected chi connectivity index (χ1v) is 12.5. The highest BCUT2D eigenvalue weighted by Gasteiger charge is 2.37. The highest BCUT2D eigenvalue weighted by molar-refractivity contribution is 5.93. The van der Waals surface area contributed by atoms with Gasteiger partial charge in [-0.2, -0.15) is 0 Å². The predicted molar refractivity (Wildman–Crippen MR) is 147 cm³/mol. The Bertz CT molecular complexity index is 1200. The van der Waals surface area contributed by atoms with Crippen LogP contribution >= 0.6 is 0 Å². The molecule has 0 aliphatic heterocycles. The zero-order valence-electron chi connectivity index (χ0n) is 23.5. The Morgan fingerprint density at radius 1 is 1.00 bits per heavy atom. The van der Waals surface area contributed by atoms with E-state index in [4.69, 9.17) is 11.2 Å². The molecule has 0 aliphatic carbocycles. The molecule has 3 amide bonds. The summed E-state index contributed by atoms with van der Waals surface area (Å²) in [5.74, 6) is -1.04. The van der Waals surface area contributed by atoms with Gasteiger partial charge in [0.25, 0.3) is 5.91 Å². The molecule has 0 saturated carbocycles. The van der Waals surface area contributed by atoms with Crippen LogP contribution < -0.4 is 10.6 Å². The summed E-state index contributed by atoms with van der Waals surface area (Å²) < 4.78 is 5.38.